The molecule has 0 atom stereocenters. The average Bonchev–Trinajstić information content (AvgIpc) is 2.76. The van der Waals surface area contributed by atoms with Crippen LogP contribution in [0, 0.1) is 23.1 Å². The van der Waals surface area contributed by atoms with Crippen LogP contribution in [0.4, 0.5) is 10.1 Å². The number of anilines is 1. The number of rotatable bonds is 6. The van der Waals surface area contributed by atoms with Crippen molar-refractivity contribution in [3.05, 3.63) is 53.3 Å². The molecule has 0 spiro atoms. The first-order chi connectivity index (χ1) is 15.1. The summed E-state index contributed by atoms with van der Waals surface area (Å²) < 4.78 is 43.3. The van der Waals surface area contributed by atoms with Gasteiger partial charge in [0.1, 0.15) is 17.6 Å². The number of sulfonamides is 1. The monoisotopic (exact) mass is 460 g/mol. The van der Waals surface area contributed by atoms with E-state index in [-0.39, 0.29) is 27.8 Å². The highest BCUT2D eigenvalue weighted by Crippen LogP contribution is 2.26. The third-order valence-electron chi connectivity index (χ3n) is 5.09. The predicted molar refractivity (Wildman–Crippen MR) is 117 cm³/mol. The Balaban J connectivity index is 1.79. The van der Waals surface area contributed by atoms with E-state index in [0.29, 0.717) is 44.2 Å². The Morgan fingerprint density at radius 3 is 2.44 bits per heavy atom. The summed E-state index contributed by atoms with van der Waals surface area (Å²) in [6.07, 6.45) is 0. The maximum Gasteiger partial charge on any atom is 0.257 e. The Labute approximate surface area is 187 Å². The second kappa shape index (κ2) is 9.54. The number of carbonyl (C=O) groups excluding carboxylic acids is 1. The smallest absolute Gasteiger partial charge is 0.257 e. The van der Waals surface area contributed by atoms with Gasteiger partial charge in [0.25, 0.3) is 5.91 Å². The molecule has 1 amide bonds. The molecule has 0 unspecified atom stereocenters. The van der Waals surface area contributed by atoms with Gasteiger partial charge in [-0.25, -0.2) is 17.9 Å². The highest BCUT2D eigenvalue weighted by atomic mass is 32.2. The summed E-state index contributed by atoms with van der Waals surface area (Å²) >= 11 is 0. The van der Waals surface area contributed by atoms with E-state index >= 15 is 0 Å². The molecule has 10 heteroatoms. The van der Waals surface area contributed by atoms with E-state index in [1.54, 1.807) is 17.0 Å². The number of benzene rings is 2. The quantitative estimate of drug-likeness (QED) is 0.707. The summed E-state index contributed by atoms with van der Waals surface area (Å²) in [6, 6.07) is 10.2. The lowest BCUT2D eigenvalue weighted by molar-refractivity contribution is 0.0741. The number of carbonyl (C=O) groups is 1. The summed E-state index contributed by atoms with van der Waals surface area (Å²) in [4.78, 5) is 16.6. The van der Waals surface area contributed by atoms with Gasteiger partial charge in [0.2, 0.25) is 10.0 Å². The van der Waals surface area contributed by atoms with Gasteiger partial charge < -0.3 is 14.5 Å². The third-order valence-corrected chi connectivity index (χ3v) is 6.00. The number of primary sulfonamides is 1. The van der Waals surface area contributed by atoms with Gasteiger partial charge in [0.15, 0.2) is 0 Å². The van der Waals surface area contributed by atoms with Crippen molar-refractivity contribution < 1.29 is 22.3 Å². The number of ether oxygens (including phenoxy) is 1. The van der Waals surface area contributed by atoms with E-state index in [4.69, 9.17) is 15.1 Å². The summed E-state index contributed by atoms with van der Waals surface area (Å²) in [7, 11) is -3.99. The van der Waals surface area contributed by atoms with E-state index in [2.05, 4.69) is 0 Å². The summed E-state index contributed by atoms with van der Waals surface area (Å²) in [6.45, 7) is 5.90. The maximum absolute atomic E-state index is 14.0. The summed E-state index contributed by atoms with van der Waals surface area (Å²) in [5, 5.41) is 14.1. The fourth-order valence-corrected chi connectivity index (χ4v) is 3.90. The highest BCUT2D eigenvalue weighted by molar-refractivity contribution is 7.89. The minimum Gasteiger partial charge on any atom is -0.492 e. The lowest BCUT2D eigenvalue weighted by atomic mass is 10.1. The molecule has 2 aromatic rings. The molecule has 1 fully saturated rings. The summed E-state index contributed by atoms with van der Waals surface area (Å²) in [5.41, 5.74) is 0.743. The number of nitrogens with zero attached hydrogens (tertiary/aromatic N) is 3. The molecule has 2 aromatic carbocycles. The van der Waals surface area contributed by atoms with E-state index < -0.39 is 15.8 Å². The van der Waals surface area contributed by atoms with Crippen LogP contribution < -0.4 is 14.8 Å². The lowest BCUT2D eigenvalue weighted by Gasteiger charge is -2.36. The number of nitrogens with two attached hydrogens (primary N) is 1. The third kappa shape index (κ3) is 5.36. The van der Waals surface area contributed by atoms with Gasteiger partial charge >= 0.3 is 0 Å². The van der Waals surface area contributed by atoms with Crippen LogP contribution in [0.3, 0.4) is 0 Å². The van der Waals surface area contributed by atoms with Crippen LogP contribution in [-0.4, -0.2) is 52.0 Å². The second-order valence-corrected chi connectivity index (χ2v) is 9.52. The molecule has 0 radical (unpaired) electrons. The maximum atomic E-state index is 14.0. The Morgan fingerprint density at radius 1 is 1.19 bits per heavy atom. The van der Waals surface area contributed by atoms with Crippen molar-refractivity contribution in [1.82, 2.24) is 4.90 Å². The van der Waals surface area contributed by atoms with Crippen molar-refractivity contribution >= 4 is 21.6 Å². The first-order valence-electron chi connectivity index (χ1n) is 10.1. The molecule has 0 aromatic heterocycles. The van der Waals surface area contributed by atoms with Crippen molar-refractivity contribution in [1.29, 1.82) is 5.26 Å². The molecule has 32 heavy (non-hydrogen) atoms. The topological polar surface area (TPSA) is 117 Å². The van der Waals surface area contributed by atoms with Crippen LogP contribution in [0.2, 0.25) is 0 Å². The normalized spacial score (nSPS) is 14.4. The van der Waals surface area contributed by atoms with Gasteiger partial charge in [-0.1, -0.05) is 13.8 Å². The van der Waals surface area contributed by atoms with Gasteiger partial charge in [0, 0.05) is 31.9 Å². The van der Waals surface area contributed by atoms with E-state index in [1.165, 1.54) is 30.3 Å². The molecule has 0 saturated carbocycles. The zero-order chi connectivity index (χ0) is 23.5. The Kier molecular flexibility index (Phi) is 7.01. The number of nitriles is 1. The molecular weight excluding hydrogens is 435 g/mol. The van der Waals surface area contributed by atoms with Crippen LogP contribution in [0.25, 0.3) is 0 Å². The van der Waals surface area contributed by atoms with Gasteiger partial charge in [0.05, 0.1) is 22.6 Å². The van der Waals surface area contributed by atoms with Crippen molar-refractivity contribution in [2.75, 3.05) is 37.7 Å². The molecule has 2 N–H and O–H groups in total. The van der Waals surface area contributed by atoms with Crippen molar-refractivity contribution in [3.8, 4) is 11.8 Å². The van der Waals surface area contributed by atoms with Crippen LogP contribution in [-0.2, 0) is 10.0 Å². The molecule has 0 aliphatic carbocycles. The van der Waals surface area contributed by atoms with Gasteiger partial charge in [-0.3, -0.25) is 4.79 Å². The Hall–Kier alpha value is -3.16. The van der Waals surface area contributed by atoms with Crippen molar-refractivity contribution in [3.63, 3.8) is 0 Å². The zero-order valence-electron chi connectivity index (χ0n) is 17.9. The molecular formula is C22H25FN4O4S. The second-order valence-electron chi connectivity index (χ2n) is 7.96. The molecule has 0 bridgehead atoms. The molecule has 170 valence electrons. The van der Waals surface area contributed by atoms with Crippen LogP contribution in [0.1, 0.15) is 29.8 Å². The largest absolute Gasteiger partial charge is 0.492 e. The highest BCUT2D eigenvalue weighted by Gasteiger charge is 2.26. The zero-order valence-corrected chi connectivity index (χ0v) is 18.7. The average molecular weight is 461 g/mol. The van der Waals surface area contributed by atoms with E-state index in [0.717, 1.165) is 0 Å². The minimum atomic E-state index is -3.99. The van der Waals surface area contributed by atoms with Gasteiger partial charge in [-0.05, 0) is 42.3 Å². The number of hydrogen-bond donors (Lipinski definition) is 1. The van der Waals surface area contributed by atoms with Gasteiger partial charge in [-0.2, -0.15) is 5.26 Å². The fourth-order valence-electron chi connectivity index (χ4n) is 3.36. The summed E-state index contributed by atoms with van der Waals surface area (Å²) in [5.74, 6) is -0.435. The number of hydrogen-bond acceptors (Lipinski definition) is 6. The molecule has 1 aliphatic rings. The van der Waals surface area contributed by atoms with Crippen molar-refractivity contribution in [2.45, 2.75) is 18.7 Å². The number of amides is 1. The van der Waals surface area contributed by atoms with E-state index in [1.807, 2.05) is 18.7 Å². The molecule has 8 nitrogen and oxygen atoms in total. The molecule has 1 aliphatic heterocycles. The first-order valence-corrected chi connectivity index (χ1v) is 11.7. The molecule has 1 saturated heterocycles. The molecule has 3 rings (SSSR count). The fraction of sp³-hybridized carbons (Fsp3) is 0.364. The Morgan fingerprint density at radius 2 is 1.88 bits per heavy atom. The first kappa shape index (κ1) is 23.5. The van der Waals surface area contributed by atoms with Crippen LogP contribution >= 0.6 is 0 Å². The van der Waals surface area contributed by atoms with Crippen LogP contribution in [0.15, 0.2) is 41.3 Å². The van der Waals surface area contributed by atoms with Crippen LogP contribution in [0.5, 0.6) is 5.75 Å². The molecule has 1 heterocycles. The minimum absolute atomic E-state index is 0.0220. The Bertz CT molecular complexity index is 1150. The van der Waals surface area contributed by atoms with Gasteiger partial charge in [-0.15, -0.1) is 0 Å². The van der Waals surface area contributed by atoms with Crippen molar-refractivity contribution in [2.24, 2.45) is 11.1 Å². The van der Waals surface area contributed by atoms with E-state index in [9.17, 15) is 17.6 Å². The SMILES string of the molecule is CC(C)COc1ccc(S(N)(=O)=O)cc1C(=O)N1CCN(c2ccc(C#N)c(F)c2)CC1. The lowest BCUT2D eigenvalue weighted by Crippen LogP contribution is -2.49. The predicted octanol–water partition coefficient (Wildman–Crippen LogP) is 2.34. The number of halogens is 1. The number of piperazine rings is 1. The standard InChI is InChI=1S/C22H25FN4O4S/c1-15(2)14-31-21-6-5-18(32(25,29)30)12-19(21)22(28)27-9-7-26(8-10-27)17-4-3-16(13-24)20(23)11-17/h3-6,11-12,15H,7-10,14H2,1-2H3,(H2,25,29,30).